The van der Waals surface area contributed by atoms with Gasteiger partial charge in [-0.2, -0.15) is 0 Å². The SMILES string of the molecule is CN=C(NCCc1nc(C(C)(C)C)cs1)NC1CCN(c2ccccc2)CC1.I. The van der Waals surface area contributed by atoms with Gasteiger partial charge in [0.2, 0.25) is 0 Å². The number of anilines is 1. The highest BCUT2D eigenvalue weighted by atomic mass is 127. The van der Waals surface area contributed by atoms with Gasteiger partial charge in [-0.25, -0.2) is 4.98 Å². The molecule has 29 heavy (non-hydrogen) atoms. The van der Waals surface area contributed by atoms with E-state index in [-0.39, 0.29) is 29.4 Å². The van der Waals surface area contributed by atoms with E-state index in [4.69, 9.17) is 4.98 Å². The highest BCUT2D eigenvalue weighted by Gasteiger charge is 2.20. The topological polar surface area (TPSA) is 52.6 Å². The van der Waals surface area contributed by atoms with E-state index in [1.165, 1.54) is 16.4 Å². The lowest BCUT2D eigenvalue weighted by Crippen LogP contribution is -2.49. The van der Waals surface area contributed by atoms with Gasteiger partial charge in [0.25, 0.3) is 0 Å². The molecular formula is C22H34IN5S. The quantitative estimate of drug-likeness (QED) is 0.343. The number of nitrogens with zero attached hydrogens (tertiary/aromatic N) is 3. The number of guanidine groups is 1. The van der Waals surface area contributed by atoms with Gasteiger partial charge in [-0.1, -0.05) is 39.0 Å². The largest absolute Gasteiger partial charge is 0.371 e. The lowest BCUT2D eigenvalue weighted by molar-refractivity contribution is 0.461. The lowest BCUT2D eigenvalue weighted by Gasteiger charge is -2.34. The summed E-state index contributed by atoms with van der Waals surface area (Å²) < 4.78 is 0. The molecule has 1 aliphatic heterocycles. The number of hydrogen-bond acceptors (Lipinski definition) is 4. The van der Waals surface area contributed by atoms with E-state index >= 15 is 0 Å². The van der Waals surface area contributed by atoms with Crippen LogP contribution in [0.5, 0.6) is 0 Å². The van der Waals surface area contributed by atoms with Crippen LogP contribution in [0.3, 0.4) is 0 Å². The van der Waals surface area contributed by atoms with Gasteiger partial charge in [0.1, 0.15) is 0 Å². The van der Waals surface area contributed by atoms with Crippen molar-refractivity contribution in [2.45, 2.75) is 51.5 Å². The molecule has 0 radical (unpaired) electrons. The van der Waals surface area contributed by atoms with Crippen LogP contribution in [0.25, 0.3) is 0 Å². The second-order valence-corrected chi connectivity index (χ2v) is 9.31. The first-order valence-electron chi connectivity index (χ1n) is 10.2. The molecule has 0 atom stereocenters. The van der Waals surface area contributed by atoms with E-state index < -0.39 is 0 Å². The van der Waals surface area contributed by atoms with Crippen molar-refractivity contribution in [1.82, 2.24) is 15.6 Å². The highest BCUT2D eigenvalue weighted by molar-refractivity contribution is 14.0. The number of halogens is 1. The fraction of sp³-hybridized carbons (Fsp3) is 0.545. The van der Waals surface area contributed by atoms with Crippen LogP contribution in [0.1, 0.15) is 44.3 Å². The Hall–Kier alpha value is -1.35. The summed E-state index contributed by atoms with van der Waals surface area (Å²) in [6, 6.07) is 11.1. The number of hydrogen-bond donors (Lipinski definition) is 2. The van der Waals surface area contributed by atoms with Gasteiger partial charge in [0.15, 0.2) is 5.96 Å². The van der Waals surface area contributed by atoms with Crippen molar-refractivity contribution in [2.24, 2.45) is 4.99 Å². The Bertz CT molecular complexity index is 761. The van der Waals surface area contributed by atoms with Crippen molar-refractivity contribution in [3.63, 3.8) is 0 Å². The van der Waals surface area contributed by atoms with Crippen LogP contribution in [-0.4, -0.2) is 43.7 Å². The lowest BCUT2D eigenvalue weighted by atomic mass is 9.93. The molecule has 1 saturated heterocycles. The van der Waals surface area contributed by atoms with E-state index in [1.54, 1.807) is 11.3 Å². The van der Waals surface area contributed by atoms with Crippen LogP contribution in [0.2, 0.25) is 0 Å². The van der Waals surface area contributed by atoms with Crippen molar-refractivity contribution in [3.05, 3.63) is 46.4 Å². The molecule has 1 fully saturated rings. The molecule has 0 unspecified atom stereocenters. The third-order valence-electron chi connectivity index (χ3n) is 5.13. The van der Waals surface area contributed by atoms with Crippen LogP contribution < -0.4 is 15.5 Å². The number of aromatic nitrogens is 1. The maximum atomic E-state index is 4.77. The maximum absolute atomic E-state index is 4.77. The average molecular weight is 528 g/mol. The summed E-state index contributed by atoms with van der Waals surface area (Å²) in [5, 5.41) is 10.4. The Kier molecular flexibility index (Phi) is 9.20. The Morgan fingerprint density at radius 3 is 2.48 bits per heavy atom. The van der Waals surface area contributed by atoms with E-state index in [0.717, 1.165) is 44.9 Å². The minimum absolute atomic E-state index is 0. The molecular weight excluding hydrogens is 493 g/mol. The molecule has 0 aliphatic carbocycles. The molecule has 1 aromatic heterocycles. The van der Waals surface area contributed by atoms with Crippen LogP contribution in [0.15, 0.2) is 40.7 Å². The second-order valence-electron chi connectivity index (χ2n) is 8.37. The zero-order chi connectivity index (χ0) is 20.0. The fourth-order valence-electron chi connectivity index (χ4n) is 3.37. The minimum atomic E-state index is 0. The summed E-state index contributed by atoms with van der Waals surface area (Å²) in [4.78, 5) is 11.6. The first-order chi connectivity index (χ1) is 13.5. The van der Waals surface area contributed by atoms with Crippen molar-refractivity contribution >= 4 is 47.0 Å². The van der Waals surface area contributed by atoms with Gasteiger partial charge < -0.3 is 15.5 Å². The van der Waals surface area contributed by atoms with Gasteiger partial charge in [0, 0.05) is 55.6 Å². The average Bonchev–Trinajstić information content (AvgIpc) is 3.18. The number of para-hydroxylation sites is 1. The first-order valence-corrected chi connectivity index (χ1v) is 11.1. The van der Waals surface area contributed by atoms with Gasteiger partial charge in [0.05, 0.1) is 10.7 Å². The van der Waals surface area contributed by atoms with Crippen molar-refractivity contribution in [1.29, 1.82) is 0 Å². The summed E-state index contributed by atoms with van der Waals surface area (Å²) in [7, 11) is 1.84. The van der Waals surface area contributed by atoms with Crippen molar-refractivity contribution in [3.8, 4) is 0 Å². The van der Waals surface area contributed by atoms with Gasteiger partial charge in [-0.05, 0) is 25.0 Å². The summed E-state index contributed by atoms with van der Waals surface area (Å²) in [6.45, 7) is 9.62. The molecule has 2 N–H and O–H groups in total. The molecule has 0 saturated carbocycles. The van der Waals surface area contributed by atoms with Gasteiger partial charge in [-0.15, -0.1) is 35.3 Å². The maximum Gasteiger partial charge on any atom is 0.191 e. The summed E-state index contributed by atoms with van der Waals surface area (Å²) in [6.07, 6.45) is 3.17. The Labute approximate surface area is 196 Å². The number of piperidine rings is 1. The molecule has 5 nitrogen and oxygen atoms in total. The zero-order valence-electron chi connectivity index (χ0n) is 17.9. The number of thiazole rings is 1. The van der Waals surface area contributed by atoms with Crippen LogP contribution in [-0.2, 0) is 11.8 Å². The van der Waals surface area contributed by atoms with Crippen LogP contribution >= 0.6 is 35.3 Å². The van der Waals surface area contributed by atoms with E-state index in [2.05, 4.69) is 77.0 Å². The standard InChI is InChI=1S/C22H33N5S.HI/c1-22(2,3)19-16-28-20(26-19)10-13-24-21(23-4)25-17-11-14-27(15-12-17)18-8-6-5-7-9-18;/h5-9,16-17H,10-15H2,1-4H3,(H2,23,24,25);1H. The van der Waals surface area contributed by atoms with E-state index in [0.29, 0.717) is 6.04 Å². The summed E-state index contributed by atoms with van der Waals surface area (Å²) in [5.41, 5.74) is 2.62. The third kappa shape index (κ3) is 7.13. The van der Waals surface area contributed by atoms with Crippen molar-refractivity contribution < 1.29 is 0 Å². The molecule has 0 amide bonds. The second kappa shape index (κ2) is 11.2. The molecule has 0 spiro atoms. The third-order valence-corrected chi connectivity index (χ3v) is 6.04. The Morgan fingerprint density at radius 1 is 1.21 bits per heavy atom. The number of nitrogens with one attached hydrogen (secondary N) is 2. The van der Waals surface area contributed by atoms with Crippen molar-refractivity contribution in [2.75, 3.05) is 31.6 Å². The van der Waals surface area contributed by atoms with Gasteiger partial charge in [-0.3, -0.25) is 4.99 Å². The predicted octanol–water partition coefficient (Wildman–Crippen LogP) is 4.44. The van der Waals surface area contributed by atoms with E-state index in [9.17, 15) is 0 Å². The first kappa shape index (κ1) is 23.9. The minimum Gasteiger partial charge on any atom is -0.371 e. The van der Waals surface area contributed by atoms with Crippen LogP contribution in [0, 0.1) is 0 Å². The molecule has 2 heterocycles. The smallest absolute Gasteiger partial charge is 0.191 e. The molecule has 7 heteroatoms. The Balaban J connectivity index is 0.00000300. The predicted molar refractivity (Wildman–Crippen MR) is 136 cm³/mol. The molecule has 160 valence electrons. The fourth-order valence-corrected chi connectivity index (χ4v) is 4.39. The number of aliphatic imine (C=N–C) groups is 1. The summed E-state index contributed by atoms with van der Waals surface area (Å²) in [5.74, 6) is 0.894. The molecule has 1 aromatic carbocycles. The van der Waals surface area contributed by atoms with Gasteiger partial charge >= 0.3 is 0 Å². The number of benzene rings is 1. The molecule has 2 aromatic rings. The Morgan fingerprint density at radius 2 is 1.90 bits per heavy atom. The van der Waals surface area contributed by atoms with E-state index in [1.807, 2.05) is 7.05 Å². The summed E-state index contributed by atoms with van der Waals surface area (Å²) >= 11 is 1.75. The normalized spacial score (nSPS) is 15.7. The highest BCUT2D eigenvalue weighted by Crippen LogP contribution is 2.24. The van der Waals surface area contributed by atoms with Crippen LogP contribution in [0.4, 0.5) is 5.69 Å². The molecule has 0 bridgehead atoms. The zero-order valence-corrected chi connectivity index (χ0v) is 21.1. The molecule has 1 aliphatic rings. The number of rotatable bonds is 5. The monoisotopic (exact) mass is 527 g/mol. The molecule has 3 rings (SSSR count).